The van der Waals surface area contributed by atoms with Gasteiger partial charge in [0.2, 0.25) is 0 Å². The summed E-state index contributed by atoms with van der Waals surface area (Å²) in [7, 11) is 2.06. The fourth-order valence-corrected chi connectivity index (χ4v) is 7.46. The molecule has 258 valence electrons. The third-order valence-electron chi connectivity index (χ3n) is 10.3. The van der Waals surface area contributed by atoms with E-state index < -0.39 is 12.1 Å². The van der Waals surface area contributed by atoms with E-state index in [-0.39, 0.29) is 48.9 Å². The van der Waals surface area contributed by atoms with E-state index in [1.54, 1.807) is 17.7 Å². The Bertz CT molecular complexity index is 2010. The third kappa shape index (κ3) is 5.93. The summed E-state index contributed by atoms with van der Waals surface area (Å²) in [4.78, 5) is 46.5. The van der Waals surface area contributed by atoms with Gasteiger partial charge < -0.3 is 29.3 Å². The number of rotatable bonds is 7. The molecule has 3 aromatic heterocycles. The van der Waals surface area contributed by atoms with Crippen molar-refractivity contribution in [3.63, 3.8) is 0 Å². The van der Waals surface area contributed by atoms with Crippen LogP contribution in [0.3, 0.4) is 0 Å². The van der Waals surface area contributed by atoms with Crippen LogP contribution >= 0.6 is 0 Å². The molecule has 0 bridgehead atoms. The normalized spacial score (nSPS) is 21.8. The maximum Gasteiger partial charge on any atom is 0.407 e. The molecular weight excluding hydrogens is 628 g/mol. The first-order valence-electron chi connectivity index (χ1n) is 17.0. The van der Waals surface area contributed by atoms with Crippen molar-refractivity contribution in [2.45, 2.75) is 77.6 Å². The van der Waals surface area contributed by atoms with Crippen molar-refractivity contribution in [3.8, 4) is 17.8 Å². The number of anilines is 1. The van der Waals surface area contributed by atoms with Gasteiger partial charge in [-0.2, -0.15) is 20.3 Å². The van der Waals surface area contributed by atoms with E-state index in [1.807, 2.05) is 23.4 Å². The van der Waals surface area contributed by atoms with E-state index in [4.69, 9.17) is 24.5 Å². The number of hydrogen-bond donors (Lipinski definition) is 1. The second-order valence-corrected chi connectivity index (χ2v) is 13.4. The Morgan fingerprint density at radius 2 is 1.92 bits per heavy atom. The van der Waals surface area contributed by atoms with E-state index in [0.29, 0.717) is 42.6 Å². The Morgan fingerprint density at radius 1 is 1.08 bits per heavy atom. The van der Waals surface area contributed by atoms with Crippen LogP contribution in [0, 0.1) is 32.1 Å². The minimum atomic E-state index is -1.08. The number of carbonyl (C=O) groups is 1. The molecule has 1 N–H and O–H groups in total. The molecule has 1 aromatic carbocycles. The average molecular weight is 671 g/mol. The SMILES string of the molecule is Cc1cc2c(cnn2C2CCCCO2)c(-n2c(C)nc3c(N4CCN(C(=O)O)[C@@H](CC#N)C4)nc(OC[C@@H]4CCCN4C)nc3c2=O)c1C. The molecule has 7 rings (SSSR count). The molecule has 15 heteroatoms. The van der Waals surface area contributed by atoms with Gasteiger partial charge in [-0.3, -0.25) is 9.36 Å². The summed E-state index contributed by atoms with van der Waals surface area (Å²) >= 11 is 0. The molecule has 3 aliphatic heterocycles. The number of nitriles is 1. The van der Waals surface area contributed by atoms with Crippen molar-refractivity contribution in [2.75, 3.05) is 51.3 Å². The van der Waals surface area contributed by atoms with Crippen LogP contribution in [0.1, 0.15) is 61.7 Å². The molecule has 0 radical (unpaired) electrons. The Kier molecular flexibility index (Phi) is 8.84. The lowest BCUT2D eigenvalue weighted by Crippen LogP contribution is -2.55. The highest BCUT2D eigenvalue weighted by Gasteiger charge is 2.33. The number of benzene rings is 1. The number of carboxylic acid groups (broad SMARTS) is 1. The Labute approximate surface area is 283 Å². The standard InChI is InChI=1S/C34H42N10O5/c1-20-16-26-25(17-36-44(26)27-9-5-6-15-48-27)30(21(20)2)43-22(3)37-28-29(32(43)45)38-33(49-19-24-8-7-12-40(24)4)39-31(28)41-13-14-42(34(46)47)23(18-41)10-11-35/h16-17,23-24,27H,5-10,12-15,18-19H2,1-4H3,(H,46,47)/t23-,24-,27?/m0/s1. The molecule has 15 nitrogen and oxygen atoms in total. The minimum Gasteiger partial charge on any atom is -0.465 e. The first-order chi connectivity index (χ1) is 23.7. The van der Waals surface area contributed by atoms with Crippen molar-refractivity contribution in [2.24, 2.45) is 0 Å². The number of hydrogen-bond acceptors (Lipinski definition) is 11. The van der Waals surface area contributed by atoms with Gasteiger partial charge in [-0.1, -0.05) is 0 Å². The summed E-state index contributed by atoms with van der Waals surface area (Å²) in [6.07, 6.45) is 5.57. The average Bonchev–Trinajstić information content (AvgIpc) is 3.71. The number of aryl methyl sites for hydroxylation is 2. The van der Waals surface area contributed by atoms with Crippen LogP contribution in [0.2, 0.25) is 0 Å². The number of likely N-dealkylation sites (N-methyl/N-ethyl adjacent to an activating group) is 1. The number of ether oxygens (including phenoxy) is 2. The number of amides is 1. The van der Waals surface area contributed by atoms with E-state index in [9.17, 15) is 20.0 Å². The van der Waals surface area contributed by atoms with Crippen molar-refractivity contribution < 1.29 is 19.4 Å². The number of nitrogens with zero attached hydrogens (tertiary/aromatic N) is 10. The number of fused-ring (bicyclic) bond motifs is 2. The molecule has 0 aliphatic carbocycles. The summed E-state index contributed by atoms with van der Waals surface area (Å²) in [6.45, 7) is 8.50. The zero-order chi connectivity index (χ0) is 34.4. The quantitative estimate of drug-likeness (QED) is 0.303. The monoisotopic (exact) mass is 670 g/mol. The zero-order valence-electron chi connectivity index (χ0n) is 28.4. The van der Waals surface area contributed by atoms with Crippen molar-refractivity contribution in [1.29, 1.82) is 5.26 Å². The van der Waals surface area contributed by atoms with Crippen LogP contribution < -0.4 is 15.2 Å². The summed E-state index contributed by atoms with van der Waals surface area (Å²) in [5.74, 6) is 0.825. The lowest BCUT2D eigenvalue weighted by Gasteiger charge is -2.39. The van der Waals surface area contributed by atoms with E-state index in [0.717, 1.165) is 60.7 Å². The Morgan fingerprint density at radius 3 is 2.63 bits per heavy atom. The molecule has 1 amide bonds. The fourth-order valence-electron chi connectivity index (χ4n) is 7.46. The second-order valence-electron chi connectivity index (χ2n) is 13.4. The van der Waals surface area contributed by atoms with Crippen LogP contribution in [0.5, 0.6) is 6.01 Å². The molecule has 49 heavy (non-hydrogen) atoms. The molecule has 4 aromatic rings. The molecule has 3 fully saturated rings. The topological polar surface area (TPSA) is 168 Å². The van der Waals surface area contributed by atoms with Crippen LogP contribution in [-0.4, -0.2) is 109 Å². The summed E-state index contributed by atoms with van der Waals surface area (Å²) in [5.41, 5.74) is 3.51. The highest BCUT2D eigenvalue weighted by molar-refractivity contribution is 5.91. The van der Waals surface area contributed by atoms with Gasteiger partial charge in [0.1, 0.15) is 17.9 Å². The van der Waals surface area contributed by atoms with Gasteiger partial charge in [-0.15, -0.1) is 0 Å². The molecule has 3 aliphatic rings. The van der Waals surface area contributed by atoms with Crippen molar-refractivity contribution in [3.05, 3.63) is 39.6 Å². The van der Waals surface area contributed by atoms with E-state index >= 15 is 0 Å². The van der Waals surface area contributed by atoms with Crippen LogP contribution in [0.25, 0.3) is 27.6 Å². The first kappa shape index (κ1) is 32.7. The fraction of sp³-hybridized carbons (Fsp3) is 0.559. The highest BCUT2D eigenvalue weighted by atomic mass is 16.5. The van der Waals surface area contributed by atoms with E-state index in [1.165, 1.54) is 4.90 Å². The Balaban J connectivity index is 1.38. The molecular formula is C34H42N10O5. The van der Waals surface area contributed by atoms with Gasteiger partial charge in [0.15, 0.2) is 17.6 Å². The van der Waals surface area contributed by atoms with Gasteiger partial charge in [-0.05, 0) is 83.7 Å². The van der Waals surface area contributed by atoms with Gasteiger partial charge in [-0.25, -0.2) is 14.5 Å². The van der Waals surface area contributed by atoms with Gasteiger partial charge in [0, 0.05) is 37.7 Å². The van der Waals surface area contributed by atoms with Crippen molar-refractivity contribution in [1.82, 2.24) is 39.1 Å². The predicted octanol–water partition coefficient (Wildman–Crippen LogP) is 3.71. The van der Waals surface area contributed by atoms with Crippen molar-refractivity contribution >= 4 is 33.8 Å². The third-order valence-corrected chi connectivity index (χ3v) is 10.3. The molecule has 3 saturated heterocycles. The molecule has 1 unspecified atom stereocenters. The number of piperazine rings is 1. The zero-order valence-corrected chi connectivity index (χ0v) is 28.4. The minimum absolute atomic E-state index is 0.0185. The lowest BCUT2D eigenvalue weighted by atomic mass is 10.0. The van der Waals surface area contributed by atoms with Gasteiger partial charge in [0.05, 0.1) is 35.9 Å². The summed E-state index contributed by atoms with van der Waals surface area (Å²) in [6, 6.07) is 3.88. The van der Waals surface area contributed by atoms with Gasteiger partial charge >= 0.3 is 12.1 Å². The first-order valence-corrected chi connectivity index (χ1v) is 17.0. The van der Waals surface area contributed by atoms with Gasteiger partial charge in [0.25, 0.3) is 5.56 Å². The smallest absolute Gasteiger partial charge is 0.407 e. The van der Waals surface area contributed by atoms with Crippen LogP contribution in [0.4, 0.5) is 10.6 Å². The number of aromatic nitrogens is 6. The molecule has 3 atom stereocenters. The number of likely N-dealkylation sites (tertiary alicyclic amines) is 1. The van der Waals surface area contributed by atoms with Crippen LogP contribution in [0.15, 0.2) is 17.1 Å². The highest BCUT2D eigenvalue weighted by Crippen LogP contribution is 2.34. The van der Waals surface area contributed by atoms with Crippen LogP contribution in [-0.2, 0) is 4.74 Å². The molecule has 6 heterocycles. The molecule has 0 saturated carbocycles. The molecule has 0 spiro atoms. The lowest BCUT2D eigenvalue weighted by molar-refractivity contribution is -0.0366. The predicted molar refractivity (Wildman–Crippen MR) is 181 cm³/mol. The largest absolute Gasteiger partial charge is 0.465 e. The maximum absolute atomic E-state index is 14.7. The summed E-state index contributed by atoms with van der Waals surface area (Å²) in [5, 5.41) is 24.8. The summed E-state index contributed by atoms with van der Waals surface area (Å²) < 4.78 is 15.8. The Hall–Kier alpha value is -4.81. The second kappa shape index (κ2) is 13.2. The maximum atomic E-state index is 14.7. The van der Waals surface area contributed by atoms with E-state index in [2.05, 4.69) is 29.1 Å².